The predicted molar refractivity (Wildman–Crippen MR) is 165 cm³/mol. The van der Waals surface area contributed by atoms with Crippen LogP contribution in [0.1, 0.15) is 37.7 Å². The molecule has 0 amide bonds. The lowest BCUT2D eigenvalue weighted by Crippen LogP contribution is -2.51. The molecule has 2 N–H and O–H groups in total. The highest BCUT2D eigenvalue weighted by atomic mass is 19.1. The zero-order valence-electron chi connectivity index (χ0n) is 24.2. The monoisotopic (exact) mass is 594 g/mol. The van der Waals surface area contributed by atoms with Crippen molar-refractivity contribution in [2.45, 2.75) is 49.7 Å². The SMILES string of the molecule is C#Cc1c(F)ccc2cc(O)cc(-c3ncc4c(N5C[C@H]6CC[C@@H](C5)N6)nc(OC[C@]56CCCN5CC(=C)C6)nc4c3F)c12. The van der Waals surface area contributed by atoms with Crippen molar-refractivity contribution in [3.8, 4) is 35.4 Å². The number of ether oxygens (including phenoxy) is 1. The molecule has 4 saturated heterocycles. The predicted octanol–water partition coefficient (Wildman–Crippen LogP) is 4.92. The number of nitrogens with zero attached hydrogens (tertiary/aromatic N) is 5. The number of hydrogen-bond acceptors (Lipinski definition) is 8. The summed E-state index contributed by atoms with van der Waals surface area (Å²) in [5, 5.41) is 15.4. The Morgan fingerprint density at radius 3 is 2.80 bits per heavy atom. The molecule has 0 unspecified atom stereocenters. The van der Waals surface area contributed by atoms with Gasteiger partial charge in [0.2, 0.25) is 0 Å². The first-order valence-corrected chi connectivity index (χ1v) is 15.2. The van der Waals surface area contributed by atoms with Crippen LogP contribution in [0.2, 0.25) is 0 Å². The number of aromatic hydroxyl groups is 1. The number of nitrogens with one attached hydrogen (secondary N) is 1. The van der Waals surface area contributed by atoms with Gasteiger partial charge >= 0.3 is 6.01 Å². The third kappa shape index (κ3) is 4.29. The molecule has 44 heavy (non-hydrogen) atoms. The quantitative estimate of drug-likeness (QED) is 0.249. The Kier molecular flexibility index (Phi) is 6.26. The minimum absolute atomic E-state index is 0.0268. The molecule has 4 fully saturated rings. The number of anilines is 1. The summed E-state index contributed by atoms with van der Waals surface area (Å²) >= 11 is 0. The van der Waals surface area contributed by atoms with Gasteiger partial charge in [0.1, 0.15) is 35.2 Å². The number of hydrogen-bond donors (Lipinski definition) is 2. The summed E-state index contributed by atoms with van der Waals surface area (Å²) in [5.74, 6) is 1.51. The number of phenolic OH excluding ortho intramolecular Hbond substituents is 1. The van der Waals surface area contributed by atoms with Gasteiger partial charge in [0.05, 0.1) is 16.5 Å². The lowest BCUT2D eigenvalue weighted by molar-refractivity contribution is 0.108. The topological polar surface area (TPSA) is 86.6 Å². The minimum atomic E-state index is -0.719. The Morgan fingerprint density at radius 1 is 1.18 bits per heavy atom. The molecule has 2 aromatic heterocycles. The van der Waals surface area contributed by atoms with E-state index in [9.17, 15) is 9.50 Å². The van der Waals surface area contributed by atoms with E-state index in [-0.39, 0.29) is 39.6 Å². The number of fused-ring (bicyclic) bond motifs is 5. The zero-order chi connectivity index (χ0) is 30.2. The number of halogens is 2. The third-order valence-electron chi connectivity index (χ3n) is 9.82. The second kappa shape index (κ2) is 10.1. The first kappa shape index (κ1) is 27.2. The maximum atomic E-state index is 16.8. The van der Waals surface area contributed by atoms with Crippen LogP contribution in [0.3, 0.4) is 0 Å². The number of piperazine rings is 1. The van der Waals surface area contributed by atoms with Crippen LogP contribution >= 0.6 is 0 Å². The summed E-state index contributed by atoms with van der Waals surface area (Å²) in [5.41, 5.74) is 1.15. The van der Waals surface area contributed by atoms with Gasteiger partial charge in [-0.2, -0.15) is 9.97 Å². The van der Waals surface area contributed by atoms with Gasteiger partial charge in [-0.25, -0.2) is 8.78 Å². The number of phenols is 1. The van der Waals surface area contributed by atoms with E-state index in [0.29, 0.717) is 40.7 Å². The summed E-state index contributed by atoms with van der Waals surface area (Å²) in [6, 6.07) is 6.31. The van der Waals surface area contributed by atoms with Crippen LogP contribution in [0, 0.1) is 24.0 Å². The molecule has 2 aromatic carbocycles. The highest BCUT2D eigenvalue weighted by Crippen LogP contribution is 2.42. The highest BCUT2D eigenvalue weighted by molar-refractivity contribution is 6.03. The first-order chi connectivity index (χ1) is 21.3. The minimum Gasteiger partial charge on any atom is -0.508 e. The normalized spacial score (nSPS) is 24.8. The lowest BCUT2D eigenvalue weighted by Gasteiger charge is -2.34. The fourth-order valence-corrected chi connectivity index (χ4v) is 7.88. The fraction of sp³-hybridized carbons (Fsp3) is 0.382. The molecule has 224 valence electrons. The Bertz CT molecular complexity index is 1900. The van der Waals surface area contributed by atoms with Crippen molar-refractivity contribution in [3.63, 3.8) is 0 Å². The van der Waals surface area contributed by atoms with E-state index >= 15 is 4.39 Å². The molecule has 3 atom stereocenters. The van der Waals surface area contributed by atoms with E-state index in [0.717, 1.165) is 58.3 Å². The van der Waals surface area contributed by atoms with Crippen molar-refractivity contribution in [2.24, 2.45) is 0 Å². The zero-order valence-corrected chi connectivity index (χ0v) is 24.2. The Morgan fingerprint density at radius 2 is 2.00 bits per heavy atom. The molecule has 10 heteroatoms. The van der Waals surface area contributed by atoms with Crippen molar-refractivity contribution >= 4 is 27.5 Å². The van der Waals surface area contributed by atoms with Crippen LogP contribution in [-0.4, -0.2) is 75.4 Å². The summed E-state index contributed by atoms with van der Waals surface area (Å²) < 4.78 is 37.9. The Labute approximate surface area is 253 Å². The number of pyridine rings is 1. The molecule has 6 heterocycles. The molecule has 8 nitrogen and oxygen atoms in total. The Balaban J connectivity index is 1.28. The average Bonchev–Trinajstić information content (AvgIpc) is 3.66. The van der Waals surface area contributed by atoms with Crippen LogP contribution in [0.4, 0.5) is 14.6 Å². The maximum Gasteiger partial charge on any atom is 0.319 e. The number of aromatic nitrogens is 3. The van der Waals surface area contributed by atoms with Crippen molar-refractivity contribution in [1.82, 2.24) is 25.2 Å². The van der Waals surface area contributed by atoms with Gasteiger partial charge in [-0.1, -0.05) is 24.1 Å². The molecule has 0 spiro atoms. The van der Waals surface area contributed by atoms with Gasteiger partial charge in [-0.3, -0.25) is 9.88 Å². The summed E-state index contributed by atoms with van der Waals surface area (Å²) in [7, 11) is 0. The fourth-order valence-electron chi connectivity index (χ4n) is 7.88. The van der Waals surface area contributed by atoms with E-state index in [1.54, 1.807) is 6.20 Å². The molecule has 0 saturated carbocycles. The first-order valence-electron chi connectivity index (χ1n) is 15.2. The molecule has 0 aliphatic carbocycles. The van der Waals surface area contributed by atoms with Gasteiger partial charge in [-0.15, -0.1) is 6.42 Å². The number of benzene rings is 2. The second-order valence-corrected chi connectivity index (χ2v) is 12.7. The van der Waals surface area contributed by atoms with E-state index in [4.69, 9.17) is 16.1 Å². The van der Waals surface area contributed by atoms with E-state index in [1.165, 1.54) is 29.8 Å². The number of terminal acetylenes is 1. The molecule has 8 rings (SSSR count). The van der Waals surface area contributed by atoms with E-state index in [1.807, 2.05) is 0 Å². The van der Waals surface area contributed by atoms with Crippen LogP contribution in [0.25, 0.3) is 32.9 Å². The van der Waals surface area contributed by atoms with Crippen molar-refractivity contribution in [3.05, 3.63) is 59.8 Å². The Hall–Kier alpha value is -4.33. The van der Waals surface area contributed by atoms with Gasteiger partial charge in [0, 0.05) is 48.9 Å². The van der Waals surface area contributed by atoms with Crippen molar-refractivity contribution in [2.75, 3.05) is 37.7 Å². The standard InChI is InChI=1S/C34H32F2N6O2/c1-3-24-27(35)8-5-20-11-23(43)12-25(28(20)24)30-29(36)31-26(14-37-30)32(41-16-21-6-7-22(17-41)38-21)40-33(39-31)44-18-34-9-4-10-42(34)15-19(2)13-34/h1,5,8,11-12,14,21-22,38,43H,2,4,6-7,9-10,13,15-18H2/t21-,22+,34-/m1/s1. The maximum absolute atomic E-state index is 16.8. The van der Waals surface area contributed by atoms with Gasteiger partial charge in [0.15, 0.2) is 5.82 Å². The molecule has 4 aliphatic rings. The lowest BCUT2D eigenvalue weighted by atomic mass is 9.94. The molecule has 4 aliphatic heterocycles. The van der Waals surface area contributed by atoms with Crippen LogP contribution in [-0.2, 0) is 0 Å². The molecule has 2 bridgehead atoms. The van der Waals surface area contributed by atoms with Gasteiger partial charge < -0.3 is 20.1 Å². The van der Waals surface area contributed by atoms with Crippen LogP contribution in [0.5, 0.6) is 11.8 Å². The highest BCUT2D eigenvalue weighted by Gasteiger charge is 2.46. The van der Waals surface area contributed by atoms with Crippen LogP contribution < -0.4 is 15.0 Å². The third-order valence-corrected chi connectivity index (χ3v) is 9.82. The molecule has 4 aromatic rings. The van der Waals surface area contributed by atoms with E-state index < -0.39 is 11.6 Å². The van der Waals surface area contributed by atoms with Crippen molar-refractivity contribution in [1.29, 1.82) is 0 Å². The molecular formula is C34H32F2N6O2. The van der Waals surface area contributed by atoms with E-state index in [2.05, 4.69) is 37.6 Å². The smallest absolute Gasteiger partial charge is 0.319 e. The average molecular weight is 595 g/mol. The molecular weight excluding hydrogens is 562 g/mol. The van der Waals surface area contributed by atoms with Gasteiger partial charge in [-0.05, 0) is 62.2 Å². The second-order valence-electron chi connectivity index (χ2n) is 12.7. The van der Waals surface area contributed by atoms with Gasteiger partial charge in [0.25, 0.3) is 0 Å². The van der Waals surface area contributed by atoms with Crippen molar-refractivity contribution < 1.29 is 18.6 Å². The van der Waals surface area contributed by atoms with Crippen LogP contribution in [0.15, 0.2) is 42.6 Å². The number of rotatable bonds is 5. The largest absolute Gasteiger partial charge is 0.508 e. The summed E-state index contributed by atoms with van der Waals surface area (Å²) in [6.45, 7) is 7.91. The summed E-state index contributed by atoms with van der Waals surface area (Å²) in [6.07, 6.45) is 12.3. The summed E-state index contributed by atoms with van der Waals surface area (Å²) in [4.78, 5) is 18.6. The molecule has 0 radical (unpaired) electrons.